The number of benzene rings is 3. The summed E-state index contributed by atoms with van der Waals surface area (Å²) in [5.41, 5.74) is 1.42. The Hall–Kier alpha value is -3.51. The third-order valence-corrected chi connectivity index (χ3v) is 10.5. The number of rotatable bonds is 7. The van der Waals surface area contributed by atoms with Gasteiger partial charge in [0, 0.05) is 35.6 Å². The van der Waals surface area contributed by atoms with Gasteiger partial charge in [-0.2, -0.15) is 0 Å². The van der Waals surface area contributed by atoms with Crippen molar-refractivity contribution in [3.63, 3.8) is 0 Å². The minimum atomic E-state index is -0.880. The fraction of sp³-hybridized carbons (Fsp3) is 0.400. The summed E-state index contributed by atoms with van der Waals surface area (Å²) in [5.74, 6) is 0.633. The Bertz CT molecular complexity index is 1740. The number of phenols is 3. The average Bonchev–Trinajstić information content (AvgIpc) is 3.03. The maximum Gasteiger partial charge on any atom is 0.238 e. The Balaban J connectivity index is 1.58. The Morgan fingerprint density at radius 1 is 0.913 bits per heavy atom. The van der Waals surface area contributed by atoms with Gasteiger partial charge >= 0.3 is 0 Å². The molecule has 1 fully saturated rings. The van der Waals surface area contributed by atoms with Crippen LogP contribution in [-0.4, -0.2) is 60.5 Å². The summed E-state index contributed by atoms with van der Waals surface area (Å²) >= 11 is 0. The molecule has 246 valence electrons. The minimum Gasteiger partial charge on any atom is -0.508 e. The van der Waals surface area contributed by atoms with Crippen LogP contribution in [0.2, 0.25) is 0 Å². The van der Waals surface area contributed by atoms with Crippen molar-refractivity contribution < 1.29 is 39.8 Å². The fourth-order valence-electron chi connectivity index (χ4n) is 5.71. The quantitative estimate of drug-likeness (QED) is 0.119. The molecular formula is C35H40O9S2. The lowest BCUT2D eigenvalue weighted by atomic mass is 9.93. The van der Waals surface area contributed by atoms with Gasteiger partial charge in [0.1, 0.15) is 40.1 Å². The highest BCUT2D eigenvalue weighted by molar-refractivity contribution is 8.76. The molecule has 0 saturated carbocycles. The maximum absolute atomic E-state index is 13.8. The van der Waals surface area contributed by atoms with Gasteiger partial charge in [-0.15, -0.1) is 0 Å². The highest BCUT2D eigenvalue weighted by Crippen LogP contribution is 2.40. The van der Waals surface area contributed by atoms with Crippen LogP contribution in [0.4, 0.5) is 0 Å². The molecule has 6 N–H and O–H groups in total. The second-order valence-corrected chi connectivity index (χ2v) is 14.8. The van der Waals surface area contributed by atoms with Crippen molar-refractivity contribution in [1.29, 1.82) is 0 Å². The highest BCUT2D eigenvalue weighted by atomic mass is 33.1. The average molecular weight is 669 g/mol. The summed E-state index contributed by atoms with van der Waals surface area (Å²) in [6.45, 7) is 4.02. The van der Waals surface area contributed by atoms with Crippen molar-refractivity contribution in [1.82, 2.24) is 0 Å². The van der Waals surface area contributed by atoms with Crippen LogP contribution in [0, 0.1) is 5.92 Å². The minimum absolute atomic E-state index is 0.0280. The molecule has 1 aliphatic rings. The number of hydrogen-bond donors (Lipinski definition) is 6. The van der Waals surface area contributed by atoms with Crippen LogP contribution in [0.5, 0.6) is 28.7 Å². The number of aromatic hydroxyl groups is 4. The third kappa shape index (κ3) is 8.06. The zero-order valence-corrected chi connectivity index (χ0v) is 27.4. The van der Waals surface area contributed by atoms with Gasteiger partial charge in [-0.05, 0) is 79.0 Å². The van der Waals surface area contributed by atoms with Crippen LogP contribution < -0.4 is 10.2 Å². The van der Waals surface area contributed by atoms with Gasteiger partial charge in [0.25, 0.3) is 0 Å². The van der Waals surface area contributed by atoms with E-state index in [-0.39, 0.29) is 52.1 Å². The monoisotopic (exact) mass is 668 g/mol. The molecule has 0 radical (unpaired) electrons. The number of phenolic OH excluding ortho intramolecular Hbond substituents is 3. The van der Waals surface area contributed by atoms with Gasteiger partial charge in [0.15, 0.2) is 5.76 Å². The molecule has 2 heterocycles. The lowest BCUT2D eigenvalue weighted by Gasteiger charge is -2.25. The van der Waals surface area contributed by atoms with E-state index in [0.29, 0.717) is 48.1 Å². The summed E-state index contributed by atoms with van der Waals surface area (Å²) in [7, 11) is 3.24. The molecule has 0 amide bonds. The predicted octanol–water partition coefficient (Wildman–Crippen LogP) is 6.50. The van der Waals surface area contributed by atoms with Crippen molar-refractivity contribution in [2.24, 2.45) is 5.92 Å². The van der Waals surface area contributed by atoms with Crippen molar-refractivity contribution in [2.45, 2.75) is 70.7 Å². The van der Waals surface area contributed by atoms with Gasteiger partial charge < -0.3 is 39.8 Å². The fourth-order valence-corrected chi connectivity index (χ4v) is 8.00. The summed E-state index contributed by atoms with van der Waals surface area (Å²) in [4.78, 5) is 13.8. The molecule has 1 aromatic heterocycles. The van der Waals surface area contributed by atoms with Crippen molar-refractivity contribution >= 4 is 32.6 Å². The second kappa shape index (κ2) is 14.9. The van der Waals surface area contributed by atoms with E-state index in [2.05, 4.69) is 0 Å². The Labute approximate surface area is 275 Å². The molecule has 46 heavy (non-hydrogen) atoms. The highest BCUT2D eigenvalue weighted by Gasteiger charge is 2.27. The smallest absolute Gasteiger partial charge is 0.238 e. The lowest BCUT2D eigenvalue weighted by Crippen LogP contribution is -2.33. The van der Waals surface area contributed by atoms with E-state index >= 15 is 0 Å². The maximum atomic E-state index is 13.8. The summed E-state index contributed by atoms with van der Waals surface area (Å²) in [5, 5.41) is 64.3. The lowest BCUT2D eigenvalue weighted by molar-refractivity contribution is 0.0190. The second-order valence-electron chi connectivity index (χ2n) is 12.2. The SMILES string of the molecule is CC(C)Cc1cc(-c2oc3cc(O)cc(O[C@H]4CC[C@@H](O)CSSCCC[C@H]4O)c3c(=O)c2O)cc(Cc2cccc(O)c2)c1O. The van der Waals surface area contributed by atoms with Crippen molar-refractivity contribution in [2.75, 3.05) is 11.5 Å². The van der Waals surface area contributed by atoms with Gasteiger partial charge in [-0.3, -0.25) is 4.79 Å². The van der Waals surface area contributed by atoms with Crippen molar-refractivity contribution in [3.05, 3.63) is 75.4 Å². The number of hydrogen-bond acceptors (Lipinski definition) is 11. The zero-order chi connectivity index (χ0) is 33.0. The molecule has 0 unspecified atom stereocenters. The van der Waals surface area contributed by atoms with E-state index < -0.39 is 29.5 Å². The normalized spacial score (nSPS) is 19.6. The third-order valence-electron chi connectivity index (χ3n) is 7.95. The predicted molar refractivity (Wildman–Crippen MR) is 182 cm³/mol. The molecule has 0 bridgehead atoms. The topological polar surface area (TPSA) is 161 Å². The van der Waals surface area contributed by atoms with Gasteiger partial charge in [0.05, 0.1) is 12.2 Å². The molecule has 3 aromatic carbocycles. The molecule has 0 spiro atoms. The molecule has 5 rings (SSSR count). The molecule has 0 aliphatic carbocycles. The van der Waals surface area contributed by atoms with Crippen LogP contribution >= 0.6 is 21.6 Å². The van der Waals surface area contributed by atoms with E-state index in [4.69, 9.17) is 9.15 Å². The van der Waals surface area contributed by atoms with E-state index in [9.17, 15) is 35.4 Å². The molecular weight excluding hydrogens is 629 g/mol. The van der Waals surface area contributed by atoms with E-state index in [0.717, 1.165) is 17.7 Å². The van der Waals surface area contributed by atoms with Crippen LogP contribution in [0.3, 0.4) is 0 Å². The zero-order valence-electron chi connectivity index (χ0n) is 25.8. The Morgan fingerprint density at radius 3 is 2.46 bits per heavy atom. The number of aliphatic hydroxyl groups excluding tert-OH is 2. The van der Waals surface area contributed by atoms with Crippen LogP contribution in [0.1, 0.15) is 56.2 Å². The van der Waals surface area contributed by atoms with Crippen molar-refractivity contribution in [3.8, 4) is 40.1 Å². The molecule has 3 atom stereocenters. The Morgan fingerprint density at radius 2 is 1.70 bits per heavy atom. The molecule has 11 heteroatoms. The van der Waals surface area contributed by atoms with Gasteiger partial charge in [-0.25, -0.2) is 0 Å². The van der Waals surface area contributed by atoms with Crippen LogP contribution in [0.25, 0.3) is 22.3 Å². The number of aliphatic hydroxyl groups is 2. The van der Waals surface area contributed by atoms with E-state index in [1.54, 1.807) is 51.9 Å². The molecule has 1 aliphatic heterocycles. The Kier molecular flexibility index (Phi) is 11.0. The van der Waals surface area contributed by atoms with Crippen LogP contribution in [0.15, 0.2) is 57.7 Å². The van der Waals surface area contributed by atoms with E-state index in [1.165, 1.54) is 12.1 Å². The first-order chi connectivity index (χ1) is 22.0. The first-order valence-electron chi connectivity index (χ1n) is 15.4. The molecule has 4 aromatic rings. The first kappa shape index (κ1) is 33.8. The summed E-state index contributed by atoms with van der Waals surface area (Å²) in [6.07, 6.45) is 0.426. The first-order valence-corrected chi connectivity index (χ1v) is 17.9. The number of fused-ring (bicyclic) bond motifs is 1. The standard InChI is InChI=1S/C35H40O9S2/c1-19(2)11-21-14-23(15-22(32(21)40)12-20-5-3-6-24(36)13-20)35-34(42)33(41)31-29(16-26(38)17-30(31)44-35)43-28-9-8-25(37)18-46-45-10-4-7-27(28)39/h3,5-6,13-17,19,25,27-28,36-40,42H,4,7-12,18H2,1-2H3/t25-,27-,28+/m1/s1. The summed E-state index contributed by atoms with van der Waals surface area (Å²) in [6, 6.07) is 12.5. The molecule has 9 nitrogen and oxygen atoms in total. The molecule has 1 saturated heterocycles. The van der Waals surface area contributed by atoms with Gasteiger partial charge in [0.2, 0.25) is 11.2 Å². The van der Waals surface area contributed by atoms with Gasteiger partial charge in [-0.1, -0.05) is 47.6 Å². The van der Waals surface area contributed by atoms with Crippen LogP contribution in [-0.2, 0) is 12.8 Å². The number of ether oxygens (including phenoxy) is 1. The summed E-state index contributed by atoms with van der Waals surface area (Å²) < 4.78 is 12.3. The largest absolute Gasteiger partial charge is 0.508 e. The van der Waals surface area contributed by atoms with E-state index in [1.807, 2.05) is 19.9 Å².